The van der Waals surface area contributed by atoms with E-state index in [1.165, 1.54) is 7.11 Å². The van der Waals surface area contributed by atoms with Crippen LogP contribution >= 0.6 is 0 Å². The molecule has 2 amide bonds. The molecule has 1 aliphatic rings. The second-order valence-corrected chi connectivity index (χ2v) is 4.93. The molecule has 1 aromatic carbocycles. The van der Waals surface area contributed by atoms with Crippen molar-refractivity contribution in [2.24, 2.45) is 0 Å². The summed E-state index contributed by atoms with van der Waals surface area (Å²) >= 11 is 0. The van der Waals surface area contributed by atoms with Crippen molar-refractivity contribution < 1.29 is 19.1 Å². The lowest BCUT2D eigenvalue weighted by atomic mass is 10.1. The Labute approximate surface area is 123 Å². The SMILES string of the molecule is COc1ccc(C(=O)NC2CCCNC(=O)C2)c(OC)c1. The van der Waals surface area contributed by atoms with E-state index in [1.807, 2.05) is 0 Å². The topological polar surface area (TPSA) is 76.7 Å². The van der Waals surface area contributed by atoms with E-state index in [0.717, 1.165) is 12.8 Å². The van der Waals surface area contributed by atoms with E-state index in [1.54, 1.807) is 25.3 Å². The number of hydrogen-bond donors (Lipinski definition) is 2. The molecule has 0 radical (unpaired) electrons. The first-order valence-corrected chi connectivity index (χ1v) is 6.93. The van der Waals surface area contributed by atoms with E-state index in [9.17, 15) is 9.59 Å². The minimum absolute atomic E-state index is 0.0282. The Balaban J connectivity index is 2.10. The molecular weight excluding hydrogens is 272 g/mol. The summed E-state index contributed by atoms with van der Waals surface area (Å²) < 4.78 is 10.3. The van der Waals surface area contributed by atoms with Crippen LogP contribution in [0.1, 0.15) is 29.6 Å². The third-order valence-electron chi connectivity index (χ3n) is 3.47. The minimum Gasteiger partial charge on any atom is -0.497 e. The van der Waals surface area contributed by atoms with Gasteiger partial charge in [0.2, 0.25) is 5.91 Å². The summed E-state index contributed by atoms with van der Waals surface area (Å²) in [4.78, 5) is 23.9. The Morgan fingerprint density at radius 2 is 2.14 bits per heavy atom. The summed E-state index contributed by atoms with van der Waals surface area (Å²) in [5, 5.41) is 5.69. The van der Waals surface area contributed by atoms with Crippen LogP contribution in [0.5, 0.6) is 11.5 Å². The predicted molar refractivity (Wildman–Crippen MR) is 77.7 cm³/mol. The molecule has 1 atom stereocenters. The second-order valence-electron chi connectivity index (χ2n) is 4.93. The van der Waals surface area contributed by atoms with Gasteiger partial charge < -0.3 is 20.1 Å². The van der Waals surface area contributed by atoms with E-state index < -0.39 is 0 Å². The Hall–Kier alpha value is -2.24. The zero-order valence-corrected chi connectivity index (χ0v) is 12.3. The Bertz CT molecular complexity index is 530. The van der Waals surface area contributed by atoms with Gasteiger partial charge >= 0.3 is 0 Å². The fraction of sp³-hybridized carbons (Fsp3) is 0.467. The van der Waals surface area contributed by atoms with E-state index in [2.05, 4.69) is 10.6 Å². The standard InChI is InChI=1S/C15H20N2O4/c1-20-11-5-6-12(13(9-11)21-2)15(19)17-10-4-3-7-16-14(18)8-10/h5-6,9-10H,3-4,7-8H2,1-2H3,(H,16,18)(H,17,19). The number of carbonyl (C=O) groups is 2. The number of benzene rings is 1. The summed E-state index contributed by atoms with van der Waals surface area (Å²) in [5.41, 5.74) is 0.433. The van der Waals surface area contributed by atoms with Crippen molar-refractivity contribution >= 4 is 11.8 Å². The highest BCUT2D eigenvalue weighted by molar-refractivity contribution is 5.97. The van der Waals surface area contributed by atoms with E-state index in [-0.39, 0.29) is 17.9 Å². The molecule has 0 bridgehead atoms. The van der Waals surface area contributed by atoms with Gasteiger partial charge in [0.15, 0.2) is 0 Å². The lowest BCUT2D eigenvalue weighted by Crippen LogP contribution is -2.37. The summed E-state index contributed by atoms with van der Waals surface area (Å²) in [6.45, 7) is 0.664. The molecule has 114 valence electrons. The van der Waals surface area contributed by atoms with Gasteiger partial charge in [0.1, 0.15) is 11.5 Å². The van der Waals surface area contributed by atoms with Gasteiger partial charge in [-0.25, -0.2) is 0 Å². The second kappa shape index (κ2) is 6.97. The highest BCUT2D eigenvalue weighted by Crippen LogP contribution is 2.24. The maximum atomic E-state index is 12.3. The average molecular weight is 292 g/mol. The predicted octanol–water partition coefficient (Wildman–Crippen LogP) is 1.10. The third-order valence-corrected chi connectivity index (χ3v) is 3.47. The maximum Gasteiger partial charge on any atom is 0.255 e. The highest BCUT2D eigenvalue weighted by Gasteiger charge is 2.21. The van der Waals surface area contributed by atoms with Crippen molar-refractivity contribution in [3.05, 3.63) is 23.8 Å². The highest BCUT2D eigenvalue weighted by atomic mass is 16.5. The van der Waals surface area contributed by atoms with Crippen LogP contribution in [-0.4, -0.2) is 38.6 Å². The molecule has 21 heavy (non-hydrogen) atoms. The van der Waals surface area contributed by atoms with Gasteiger partial charge in [-0.2, -0.15) is 0 Å². The van der Waals surface area contributed by atoms with Crippen molar-refractivity contribution in [2.75, 3.05) is 20.8 Å². The van der Waals surface area contributed by atoms with Gasteiger partial charge in [0.05, 0.1) is 19.8 Å². The van der Waals surface area contributed by atoms with Gasteiger partial charge in [0, 0.05) is 25.1 Å². The summed E-state index contributed by atoms with van der Waals surface area (Å²) in [6.07, 6.45) is 1.95. The average Bonchev–Trinajstić information content (AvgIpc) is 2.70. The van der Waals surface area contributed by atoms with Gasteiger partial charge in [-0.05, 0) is 25.0 Å². The fourth-order valence-electron chi connectivity index (χ4n) is 2.35. The van der Waals surface area contributed by atoms with E-state index >= 15 is 0 Å². The van der Waals surface area contributed by atoms with Crippen LogP contribution in [0.15, 0.2) is 18.2 Å². The third kappa shape index (κ3) is 3.87. The molecule has 2 rings (SSSR count). The Kier molecular flexibility index (Phi) is 5.03. The van der Waals surface area contributed by atoms with E-state index in [0.29, 0.717) is 30.0 Å². The first-order valence-electron chi connectivity index (χ1n) is 6.93. The summed E-state index contributed by atoms with van der Waals surface area (Å²) in [7, 11) is 3.06. The molecule has 2 N–H and O–H groups in total. The lowest BCUT2D eigenvalue weighted by molar-refractivity contribution is -0.121. The number of rotatable bonds is 4. The van der Waals surface area contributed by atoms with Crippen LogP contribution in [0.25, 0.3) is 0 Å². The largest absolute Gasteiger partial charge is 0.497 e. The van der Waals surface area contributed by atoms with Crippen LogP contribution in [0.4, 0.5) is 0 Å². The van der Waals surface area contributed by atoms with Gasteiger partial charge in [-0.1, -0.05) is 0 Å². The van der Waals surface area contributed by atoms with Gasteiger partial charge in [-0.15, -0.1) is 0 Å². The Morgan fingerprint density at radius 1 is 1.33 bits per heavy atom. The smallest absolute Gasteiger partial charge is 0.255 e. The first-order chi connectivity index (χ1) is 10.1. The lowest BCUT2D eigenvalue weighted by Gasteiger charge is -2.16. The van der Waals surface area contributed by atoms with Gasteiger partial charge in [0.25, 0.3) is 5.91 Å². The molecule has 0 aromatic heterocycles. The zero-order valence-electron chi connectivity index (χ0n) is 12.3. The molecule has 0 aliphatic carbocycles. The van der Waals surface area contributed by atoms with Crippen molar-refractivity contribution in [2.45, 2.75) is 25.3 Å². The molecule has 1 fully saturated rings. The molecule has 6 nitrogen and oxygen atoms in total. The van der Waals surface area contributed by atoms with Crippen LogP contribution in [0.2, 0.25) is 0 Å². The minimum atomic E-state index is -0.241. The quantitative estimate of drug-likeness (QED) is 0.871. The van der Waals surface area contributed by atoms with Gasteiger partial charge in [-0.3, -0.25) is 9.59 Å². The van der Waals surface area contributed by atoms with Crippen molar-refractivity contribution in [1.82, 2.24) is 10.6 Å². The number of carbonyl (C=O) groups excluding carboxylic acids is 2. The molecule has 6 heteroatoms. The van der Waals surface area contributed by atoms with Crippen molar-refractivity contribution in [1.29, 1.82) is 0 Å². The number of hydrogen-bond acceptors (Lipinski definition) is 4. The van der Waals surface area contributed by atoms with Crippen molar-refractivity contribution in [3.63, 3.8) is 0 Å². The molecule has 1 unspecified atom stereocenters. The fourth-order valence-corrected chi connectivity index (χ4v) is 2.35. The molecule has 1 aliphatic heterocycles. The van der Waals surface area contributed by atoms with Crippen molar-refractivity contribution in [3.8, 4) is 11.5 Å². The molecule has 1 heterocycles. The molecule has 0 spiro atoms. The Morgan fingerprint density at radius 3 is 2.86 bits per heavy atom. The molecule has 1 saturated heterocycles. The number of ether oxygens (including phenoxy) is 2. The van der Waals surface area contributed by atoms with Crippen LogP contribution in [0.3, 0.4) is 0 Å². The first kappa shape index (κ1) is 15.2. The molecule has 0 saturated carbocycles. The van der Waals surface area contributed by atoms with E-state index in [4.69, 9.17) is 9.47 Å². The molecular formula is C15H20N2O4. The maximum absolute atomic E-state index is 12.3. The summed E-state index contributed by atoms with van der Waals surface area (Å²) in [5.74, 6) is 0.802. The van der Waals surface area contributed by atoms with Crippen LogP contribution in [0, 0.1) is 0 Å². The summed E-state index contributed by atoms with van der Waals surface area (Å²) in [6, 6.07) is 4.88. The van der Waals surface area contributed by atoms with Crippen LogP contribution < -0.4 is 20.1 Å². The number of methoxy groups -OCH3 is 2. The number of nitrogens with one attached hydrogen (secondary N) is 2. The zero-order chi connectivity index (χ0) is 15.2. The monoisotopic (exact) mass is 292 g/mol. The number of amides is 2. The normalized spacial score (nSPS) is 18.4. The molecule has 1 aromatic rings. The van der Waals surface area contributed by atoms with Crippen LogP contribution in [-0.2, 0) is 4.79 Å².